The van der Waals surface area contributed by atoms with Crippen molar-refractivity contribution >= 4 is 17.6 Å². The van der Waals surface area contributed by atoms with Gasteiger partial charge in [0.2, 0.25) is 0 Å². The van der Waals surface area contributed by atoms with Crippen LogP contribution in [0.3, 0.4) is 0 Å². The van der Waals surface area contributed by atoms with Gasteiger partial charge in [0.05, 0.1) is 0 Å². The van der Waals surface area contributed by atoms with Gasteiger partial charge in [-0.25, -0.2) is 9.97 Å². The Morgan fingerprint density at radius 1 is 1.14 bits per heavy atom. The lowest BCUT2D eigenvalue weighted by Gasteiger charge is -2.10. The zero-order chi connectivity index (χ0) is 15.0. The molecule has 2 aromatic rings. The van der Waals surface area contributed by atoms with E-state index in [4.69, 9.17) is 10.7 Å². The van der Waals surface area contributed by atoms with Crippen LogP contribution in [0.5, 0.6) is 0 Å². The topological polar surface area (TPSA) is 51.8 Å². The highest BCUT2D eigenvalue weighted by molar-refractivity contribution is 7.99. The minimum absolute atomic E-state index is 0.524. The molecule has 3 rings (SSSR count). The Labute approximate surface area is 130 Å². The second-order valence-corrected chi connectivity index (χ2v) is 7.06. The van der Waals surface area contributed by atoms with Gasteiger partial charge in [0.25, 0.3) is 0 Å². The fourth-order valence-corrected chi connectivity index (χ4v) is 3.08. The van der Waals surface area contributed by atoms with Gasteiger partial charge in [0, 0.05) is 16.4 Å². The number of aromatic nitrogens is 2. The summed E-state index contributed by atoms with van der Waals surface area (Å²) in [6, 6.07) is 8.70. The summed E-state index contributed by atoms with van der Waals surface area (Å²) in [4.78, 5) is 10.3. The standard InChI is InChI=1S/C17H21N3S/c1-10(2)12-6-8-14(9-7-12)21-17-11(3)15(18)19-16(20-17)13-4-5-13/h6-10,13H,4-5H2,1-3H3,(H2,18,19,20). The average Bonchev–Trinajstić information content (AvgIpc) is 3.29. The number of nitrogens with two attached hydrogens (primary N) is 1. The maximum absolute atomic E-state index is 6.04. The van der Waals surface area contributed by atoms with Crippen LogP contribution in [0.25, 0.3) is 0 Å². The Kier molecular flexibility index (Phi) is 3.89. The van der Waals surface area contributed by atoms with Crippen LogP contribution < -0.4 is 5.73 Å². The normalized spacial score (nSPS) is 14.7. The van der Waals surface area contributed by atoms with Crippen molar-refractivity contribution in [3.8, 4) is 0 Å². The molecule has 110 valence electrons. The zero-order valence-electron chi connectivity index (χ0n) is 12.8. The van der Waals surface area contributed by atoms with Crippen LogP contribution in [0.2, 0.25) is 0 Å². The Morgan fingerprint density at radius 3 is 2.38 bits per heavy atom. The van der Waals surface area contributed by atoms with E-state index in [1.807, 2.05) is 6.92 Å². The van der Waals surface area contributed by atoms with E-state index in [-0.39, 0.29) is 0 Å². The summed E-state index contributed by atoms with van der Waals surface area (Å²) < 4.78 is 0. The number of benzene rings is 1. The van der Waals surface area contributed by atoms with Gasteiger partial charge < -0.3 is 5.73 Å². The molecule has 0 atom stereocenters. The molecule has 0 bridgehead atoms. The molecule has 3 nitrogen and oxygen atoms in total. The van der Waals surface area contributed by atoms with Crippen molar-refractivity contribution in [2.75, 3.05) is 5.73 Å². The van der Waals surface area contributed by atoms with E-state index in [0.29, 0.717) is 17.7 Å². The summed E-state index contributed by atoms with van der Waals surface area (Å²) in [5.41, 5.74) is 8.38. The molecule has 0 radical (unpaired) electrons. The molecule has 2 N–H and O–H groups in total. The zero-order valence-corrected chi connectivity index (χ0v) is 13.6. The molecule has 0 saturated heterocycles. The molecule has 21 heavy (non-hydrogen) atoms. The monoisotopic (exact) mass is 299 g/mol. The third kappa shape index (κ3) is 3.21. The van der Waals surface area contributed by atoms with Gasteiger partial charge >= 0.3 is 0 Å². The van der Waals surface area contributed by atoms with E-state index in [1.54, 1.807) is 11.8 Å². The highest BCUT2D eigenvalue weighted by Gasteiger charge is 2.28. The van der Waals surface area contributed by atoms with Crippen LogP contribution in [-0.2, 0) is 0 Å². The third-order valence-corrected chi connectivity index (χ3v) is 4.96. The fraction of sp³-hybridized carbons (Fsp3) is 0.412. The number of hydrogen-bond donors (Lipinski definition) is 1. The molecular formula is C17H21N3S. The summed E-state index contributed by atoms with van der Waals surface area (Å²) in [5, 5.41) is 0.988. The quantitative estimate of drug-likeness (QED) is 0.843. The van der Waals surface area contributed by atoms with Gasteiger partial charge in [-0.1, -0.05) is 37.7 Å². The first-order valence-corrected chi connectivity index (χ1v) is 8.28. The molecule has 1 aromatic heterocycles. The molecule has 1 aliphatic rings. The third-order valence-electron chi connectivity index (χ3n) is 3.86. The lowest BCUT2D eigenvalue weighted by Crippen LogP contribution is -2.03. The molecule has 1 fully saturated rings. The number of nitrogens with zero attached hydrogens (tertiary/aromatic N) is 2. The molecular weight excluding hydrogens is 278 g/mol. The van der Waals surface area contributed by atoms with Gasteiger partial charge in [0.1, 0.15) is 16.7 Å². The van der Waals surface area contributed by atoms with Crippen molar-refractivity contribution in [2.45, 2.75) is 55.4 Å². The van der Waals surface area contributed by atoms with E-state index in [0.717, 1.165) is 16.4 Å². The largest absolute Gasteiger partial charge is 0.383 e. The summed E-state index contributed by atoms with van der Waals surface area (Å²) in [7, 11) is 0. The second-order valence-electron chi connectivity index (χ2n) is 6.00. The van der Waals surface area contributed by atoms with Crippen molar-refractivity contribution < 1.29 is 0 Å². The SMILES string of the molecule is Cc1c(N)nc(C2CC2)nc1Sc1ccc(C(C)C)cc1. The second kappa shape index (κ2) is 5.68. The van der Waals surface area contributed by atoms with E-state index in [1.165, 1.54) is 23.3 Å². The van der Waals surface area contributed by atoms with Gasteiger partial charge in [-0.15, -0.1) is 0 Å². The molecule has 1 heterocycles. The van der Waals surface area contributed by atoms with Crippen LogP contribution in [-0.4, -0.2) is 9.97 Å². The highest BCUT2D eigenvalue weighted by atomic mass is 32.2. The average molecular weight is 299 g/mol. The Hall–Kier alpha value is -1.55. The smallest absolute Gasteiger partial charge is 0.135 e. The van der Waals surface area contributed by atoms with Crippen molar-refractivity contribution in [2.24, 2.45) is 0 Å². The van der Waals surface area contributed by atoms with Crippen LogP contribution in [0.15, 0.2) is 34.2 Å². The van der Waals surface area contributed by atoms with Crippen LogP contribution >= 0.6 is 11.8 Å². The number of rotatable bonds is 4. The van der Waals surface area contributed by atoms with Crippen LogP contribution in [0.1, 0.15) is 55.5 Å². The molecule has 0 unspecified atom stereocenters. The predicted octanol–water partition coefficient (Wildman–Crippen LogP) is 4.52. The summed E-state index contributed by atoms with van der Waals surface area (Å²) in [6.07, 6.45) is 2.38. The number of nitrogen functional groups attached to an aromatic ring is 1. The molecule has 1 saturated carbocycles. The van der Waals surface area contributed by atoms with Gasteiger partial charge in [-0.2, -0.15) is 0 Å². The Morgan fingerprint density at radius 2 is 1.81 bits per heavy atom. The maximum atomic E-state index is 6.04. The molecule has 1 aliphatic carbocycles. The van der Waals surface area contributed by atoms with Crippen LogP contribution in [0, 0.1) is 6.92 Å². The number of hydrogen-bond acceptors (Lipinski definition) is 4. The van der Waals surface area contributed by atoms with E-state index >= 15 is 0 Å². The predicted molar refractivity (Wildman–Crippen MR) is 87.8 cm³/mol. The van der Waals surface area contributed by atoms with Gasteiger partial charge in [-0.3, -0.25) is 0 Å². The Balaban J connectivity index is 1.86. The van der Waals surface area contributed by atoms with E-state index < -0.39 is 0 Å². The number of anilines is 1. The highest BCUT2D eigenvalue weighted by Crippen LogP contribution is 2.40. The summed E-state index contributed by atoms with van der Waals surface area (Å²) >= 11 is 1.68. The summed E-state index contributed by atoms with van der Waals surface area (Å²) in [5.74, 6) is 2.62. The molecule has 4 heteroatoms. The van der Waals surface area contributed by atoms with Crippen molar-refractivity contribution in [1.29, 1.82) is 0 Å². The molecule has 1 aromatic carbocycles. The lowest BCUT2D eigenvalue weighted by molar-refractivity contribution is 0.863. The van der Waals surface area contributed by atoms with E-state index in [9.17, 15) is 0 Å². The van der Waals surface area contributed by atoms with Gasteiger partial charge in [-0.05, 0) is 43.4 Å². The van der Waals surface area contributed by atoms with Crippen molar-refractivity contribution in [3.05, 3.63) is 41.2 Å². The fourth-order valence-electron chi connectivity index (χ4n) is 2.19. The maximum Gasteiger partial charge on any atom is 0.135 e. The minimum Gasteiger partial charge on any atom is -0.383 e. The van der Waals surface area contributed by atoms with Crippen molar-refractivity contribution in [1.82, 2.24) is 9.97 Å². The van der Waals surface area contributed by atoms with Gasteiger partial charge in [0.15, 0.2) is 0 Å². The molecule has 0 amide bonds. The van der Waals surface area contributed by atoms with E-state index in [2.05, 4.69) is 43.1 Å². The first-order chi connectivity index (χ1) is 10.0. The first kappa shape index (κ1) is 14.4. The molecule has 0 aliphatic heterocycles. The minimum atomic E-state index is 0.524. The summed E-state index contributed by atoms with van der Waals surface area (Å²) in [6.45, 7) is 6.41. The Bertz CT molecular complexity index is 646. The lowest BCUT2D eigenvalue weighted by atomic mass is 10.0. The van der Waals surface area contributed by atoms with Crippen molar-refractivity contribution in [3.63, 3.8) is 0 Å². The van der Waals surface area contributed by atoms with Crippen LogP contribution in [0.4, 0.5) is 5.82 Å². The molecule has 0 spiro atoms. The first-order valence-electron chi connectivity index (χ1n) is 7.46.